The van der Waals surface area contributed by atoms with Crippen LogP contribution in [-0.2, 0) is 6.54 Å². The average Bonchev–Trinajstić information content (AvgIpc) is 2.47. The van der Waals surface area contributed by atoms with Crippen LogP contribution in [0.25, 0.3) is 0 Å². The molecule has 1 amide bonds. The quantitative estimate of drug-likeness (QED) is 0.817. The van der Waals surface area contributed by atoms with Gasteiger partial charge in [-0.25, -0.2) is 0 Å². The van der Waals surface area contributed by atoms with E-state index in [-0.39, 0.29) is 23.8 Å². The van der Waals surface area contributed by atoms with E-state index in [0.717, 1.165) is 0 Å². The van der Waals surface area contributed by atoms with Gasteiger partial charge in [-0.2, -0.15) is 0 Å². The van der Waals surface area contributed by atoms with Gasteiger partial charge in [-0.3, -0.25) is 4.79 Å². The molecule has 3 nitrogen and oxygen atoms in total. The van der Waals surface area contributed by atoms with Crippen molar-refractivity contribution in [2.45, 2.75) is 12.9 Å². The van der Waals surface area contributed by atoms with Gasteiger partial charge in [-0.15, -0.1) is 13.2 Å². The summed E-state index contributed by atoms with van der Waals surface area (Å²) >= 11 is 5.84. The molecule has 0 aromatic heterocycles. The predicted octanol–water partition coefficient (Wildman–Crippen LogP) is 4.51. The summed E-state index contributed by atoms with van der Waals surface area (Å²) < 4.78 is 41.2. The maximum atomic E-state index is 12.4. The van der Waals surface area contributed by atoms with Gasteiger partial charge in [0.2, 0.25) is 0 Å². The lowest BCUT2D eigenvalue weighted by Crippen LogP contribution is -2.27. The first-order valence-corrected chi connectivity index (χ1v) is 6.99. The van der Waals surface area contributed by atoms with Crippen molar-refractivity contribution in [1.82, 2.24) is 4.90 Å². The van der Waals surface area contributed by atoms with Crippen molar-refractivity contribution in [3.63, 3.8) is 0 Å². The van der Waals surface area contributed by atoms with Crippen LogP contribution in [0.2, 0.25) is 5.02 Å². The van der Waals surface area contributed by atoms with Crippen LogP contribution in [0.3, 0.4) is 0 Å². The van der Waals surface area contributed by atoms with Crippen LogP contribution in [0, 0.1) is 0 Å². The normalized spacial score (nSPS) is 11.2. The zero-order valence-corrected chi connectivity index (χ0v) is 12.9. The molecule has 0 aliphatic rings. The van der Waals surface area contributed by atoms with Crippen LogP contribution in [0.15, 0.2) is 48.5 Å². The number of hydrogen-bond donors (Lipinski definition) is 0. The summed E-state index contributed by atoms with van der Waals surface area (Å²) in [5, 5.41) is 0.407. The summed E-state index contributed by atoms with van der Waals surface area (Å²) in [6, 6.07) is 12.0. The standard InChI is InChI=1S/C16H13ClF3NO2/c1-21(15(22)11-6-4-7-13(17)9-11)10-12-5-2-3-8-14(12)23-16(18,19)20/h2-9H,10H2,1H3. The van der Waals surface area contributed by atoms with Gasteiger partial charge in [0.1, 0.15) is 5.75 Å². The Morgan fingerprint density at radius 2 is 1.87 bits per heavy atom. The maximum Gasteiger partial charge on any atom is 0.573 e. The molecule has 0 fully saturated rings. The molecule has 2 aromatic rings. The van der Waals surface area contributed by atoms with E-state index in [1.165, 1.54) is 36.2 Å². The van der Waals surface area contributed by atoms with Crippen molar-refractivity contribution in [2.24, 2.45) is 0 Å². The summed E-state index contributed by atoms with van der Waals surface area (Å²) in [6.07, 6.45) is -4.79. The van der Waals surface area contributed by atoms with Gasteiger partial charge in [0.15, 0.2) is 0 Å². The molecule has 2 aromatic carbocycles. The Kier molecular flexibility index (Phi) is 5.15. The fourth-order valence-corrected chi connectivity index (χ4v) is 2.22. The SMILES string of the molecule is CN(Cc1ccccc1OC(F)(F)F)C(=O)c1cccc(Cl)c1. The van der Waals surface area contributed by atoms with Gasteiger partial charge in [0, 0.05) is 29.7 Å². The monoisotopic (exact) mass is 343 g/mol. The highest BCUT2D eigenvalue weighted by Gasteiger charge is 2.32. The van der Waals surface area contributed by atoms with Crippen LogP contribution in [-0.4, -0.2) is 24.2 Å². The van der Waals surface area contributed by atoms with Gasteiger partial charge < -0.3 is 9.64 Å². The van der Waals surface area contributed by atoms with Crippen LogP contribution >= 0.6 is 11.6 Å². The van der Waals surface area contributed by atoms with E-state index < -0.39 is 6.36 Å². The Hall–Kier alpha value is -2.21. The molecule has 0 unspecified atom stereocenters. The van der Waals surface area contributed by atoms with Crippen LogP contribution < -0.4 is 4.74 Å². The summed E-state index contributed by atoms with van der Waals surface area (Å²) in [5.74, 6) is -0.681. The molecule has 0 saturated heterocycles. The first kappa shape index (κ1) is 17.1. The number of carbonyl (C=O) groups is 1. The number of halogens is 4. The Labute approximate surface area is 136 Å². The van der Waals surface area contributed by atoms with E-state index in [1.807, 2.05) is 0 Å². The number of alkyl halides is 3. The topological polar surface area (TPSA) is 29.5 Å². The lowest BCUT2D eigenvalue weighted by molar-refractivity contribution is -0.274. The molecule has 0 spiro atoms. The minimum atomic E-state index is -4.79. The fraction of sp³-hybridized carbons (Fsp3) is 0.188. The molecule has 0 N–H and O–H groups in total. The molecule has 23 heavy (non-hydrogen) atoms. The van der Waals surface area contributed by atoms with Gasteiger partial charge in [-0.05, 0) is 24.3 Å². The van der Waals surface area contributed by atoms with E-state index in [2.05, 4.69) is 4.74 Å². The number of ether oxygens (including phenoxy) is 1. The molecule has 7 heteroatoms. The van der Waals surface area contributed by atoms with Crippen LogP contribution in [0.5, 0.6) is 5.75 Å². The Morgan fingerprint density at radius 3 is 2.52 bits per heavy atom. The van der Waals surface area contributed by atoms with Crippen molar-refractivity contribution in [3.05, 3.63) is 64.7 Å². The summed E-state index contributed by atoms with van der Waals surface area (Å²) in [5.41, 5.74) is 0.608. The third-order valence-corrected chi connectivity index (χ3v) is 3.26. The lowest BCUT2D eigenvalue weighted by Gasteiger charge is -2.20. The molecule has 0 aliphatic heterocycles. The van der Waals surface area contributed by atoms with Crippen molar-refractivity contribution < 1.29 is 22.7 Å². The first-order valence-electron chi connectivity index (χ1n) is 6.61. The highest BCUT2D eigenvalue weighted by atomic mass is 35.5. The first-order chi connectivity index (χ1) is 10.8. The van der Waals surface area contributed by atoms with Gasteiger partial charge in [0.05, 0.1) is 0 Å². The average molecular weight is 344 g/mol. The molecule has 0 atom stereocenters. The highest BCUT2D eigenvalue weighted by Crippen LogP contribution is 2.27. The minimum Gasteiger partial charge on any atom is -0.405 e. The third-order valence-electron chi connectivity index (χ3n) is 3.02. The number of rotatable bonds is 4. The van der Waals surface area contributed by atoms with Gasteiger partial charge in [-0.1, -0.05) is 35.9 Å². The largest absolute Gasteiger partial charge is 0.573 e. The molecule has 0 bridgehead atoms. The highest BCUT2D eigenvalue weighted by molar-refractivity contribution is 6.30. The maximum absolute atomic E-state index is 12.4. The van der Waals surface area contributed by atoms with E-state index >= 15 is 0 Å². The number of benzene rings is 2. The Balaban J connectivity index is 2.17. The van der Waals surface area contributed by atoms with Crippen molar-refractivity contribution in [1.29, 1.82) is 0 Å². The Bertz CT molecular complexity index is 704. The zero-order valence-electron chi connectivity index (χ0n) is 12.1. The van der Waals surface area contributed by atoms with E-state index in [9.17, 15) is 18.0 Å². The fourth-order valence-electron chi connectivity index (χ4n) is 2.03. The Morgan fingerprint density at radius 1 is 1.17 bits per heavy atom. The second-order valence-corrected chi connectivity index (χ2v) is 5.26. The second kappa shape index (κ2) is 6.91. The van der Waals surface area contributed by atoms with Crippen LogP contribution in [0.4, 0.5) is 13.2 Å². The molecule has 0 aliphatic carbocycles. The molecule has 0 radical (unpaired) electrons. The van der Waals surface area contributed by atoms with E-state index in [4.69, 9.17) is 11.6 Å². The molecule has 0 heterocycles. The lowest BCUT2D eigenvalue weighted by atomic mass is 10.1. The summed E-state index contributed by atoms with van der Waals surface area (Å²) in [7, 11) is 1.49. The number of amides is 1. The van der Waals surface area contributed by atoms with Crippen molar-refractivity contribution in [2.75, 3.05) is 7.05 Å². The van der Waals surface area contributed by atoms with Crippen LogP contribution in [0.1, 0.15) is 15.9 Å². The minimum absolute atomic E-state index is 0.0302. The summed E-state index contributed by atoms with van der Waals surface area (Å²) in [6.45, 7) is -0.0302. The predicted molar refractivity (Wildman–Crippen MR) is 80.4 cm³/mol. The number of para-hydroxylation sites is 1. The van der Waals surface area contributed by atoms with E-state index in [1.54, 1.807) is 24.3 Å². The molecule has 122 valence electrons. The third kappa shape index (κ3) is 4.89. The molecular formula is C16H13ClF3NO2. The van der Waals surface area contributed by atoms with Gasteiger partial charge >= 0.3 is 6.36 Å². The number of hydrogen-bond acceptors (Lipinski definition) is 2. The molecule has 0 saturated carbocycles. The number of carbonyl (C=O) groups excluding carboxylic acids is 1. The van der Waals surface area contributed by atoms with Crippen molar-refractivity contribution in [3.8, 4) is 5.75 Å². The second-order valence-electron chi connectivity index (χ2n) is 4.83. The smallest absolute Gasteiger partial charge is 0.405 e. The number of nitrogens with zero attached hydrogens (tertiary/aromatic N) is 1. The zero-order chi connectivity index (χ0) is 17.0. The molecular weight excluding hydrogens is 331 g/mol. The summed E-state index contributed by atoms with van der Waals surface area (Å²) in [4.78, 5) is 13.6. The van der Waals surface area contributed by atoms with Crippen molar-refractivity contribution >= 4 is 17.5 Å². The van der Waals surface area contributed by atoms with Gasteiger partial charge in [0.25, 0.3) is 5.91 Å². The molecule has 2 rings (SSSR count). The van der Waals surface area contributed by atoms with E-state index in [0.29, 0.717) is 10.6 Å².